The third-order valence-corrected chi connectivity index (χ3v) is 4.10. The maximum absolute atomic E-state index is 11.9. The molecule has 9 heteroatoms. The fourth-order valence-electron chi connectivity index (χ4n) is 2.35. The molecule has 3 aromatic rings. The number of rotatable bonds is 6. The van der Waals surface area contributed by atoms with Gasteiger partial charge in [-0.25, -0.2) is 10.1 Å². The van der Waals surface area contributed by atoms with Crippen molar-refractivity contribution >= 4 is 29.6 Å². The smallest absolute Gasteiger partial charge is 0.270 e. The molecule has 2 aromatic heterocycles. The summed E-state index contributed by atoms with van der Waals surface area (Å²) in [6, 6.07) is 14.4. The largest absolute Gasteiger partial charge is 0.342 e. The summed E-state index contributed by atoms with van der Waals surface area (Å²) in [7, 11) is 0. The number of hydrogen-bond acceptors (Lipinski definition) is 5. The molecule has 0 radical (unpaired) electrons. The minimum atomic E-state index is -0.482. The third kappa shape index (κ3) is 4.60. The Morgan fingerprint density at radius 2 is 1.93 bits per heavy atom. The molecule has 0 saturated carbocycles. The highest BCUT2D eigenvalue weighted by molar-refractivity contribution is 6.32. The van der Waals surface area contributed by atoms with Crippen molar-refractivity contribution in [1.29, 1.82) is 0 Å². The molecule has 0 atom stereocenters. The lowest BCUT2D eigenvalue weighted by Gasteiger charge is -2.03. The summed E-state index contributed by atoms with van der Waals surface area (Å²) in [6.45, 7) is 1.56. The van der Waals surface area contributed by atoms with E-state index in [2.05, 4.69) is 25.9 Å². The molecule has 2 N–H and O–H groups in total. The standard InChI is InChI=1S/C19H17ClN6O2/c1-13-15(18(20)26(25-13)14-7-3-2-4-8-14)11-23-24-17(27)12-22-19(28)16-9-5-6-10-21-16/h2-11H,12H2,1H3,(H,22,28)(H,24,27)/b23-11-. The predicted molar refractivity (Wildman–Crippen MR) is 106 cm³/mol. The summed E-state index contributed by atoms with van der Waals surface area (Å²) in [5.41, 5.74) is 4.64. The summed E-state index contributed by atoms with van der Waals surface area (Å²) < 4.78 is 1.59. The van der Waals surface area contributed by atoms with Gasteiger partial charge in [-0.3, -0.25) is 14.6 Å². The molecule has 2 heterocycles. The zero-order valence-electron chi connectivity index (χ0n) is 15.0. The molecule has 1 aromatic carbocycles. The van der Waals surface area contributed by atoms with E-state index in [-0.39, 0.29) is 12.2 Å². The van der Waals surface area contributed by atoms with E-state index in [0.29, 0.717) is 16.4 Å². The van der Waals surface area contributed by atoms with E-state index in [4.69, 9.17) is 11.6 Å². The lowest BCUT2D eigenvalue weighted by atomic mass is 10.3. The van der Waals surface area contributed by atoms with Gasteiger partial charge in [-0.2, -0.15) is 10.2 Å². The first-order chi connectivity index (χ1) is 13.6. The Balaban J connectivity index is 1.58. The second-order valence-corrected chi connectivity index (χ2v) is 6.09. The van der Waals surface area contributed by atoms with Gasteiger partial charge in [0.2, 0.25) is 0 Å². The van der Waals surface area contributed by atoms with Gasteiger partial charge >= 0.3 is 0 Å². The van der Waals surface area contributed by atoms with Crippen molar-refractivity contribution in [3.05, 3.63) is 76.8 Å². The number of aromatic nitrogens is 3. The zero-order chi connectivity index (χ0) is 19.9. The van der Waals surface area contributed by atoms with Crippen LogP contribution in [0.1, 0.15) is 21.7 Å². The summed E-state index contributed by atoms with van der Waals surface area (Å²) >= 11 is 6.38. The number of aryl methyl sites for hydroxylation is 1. The maximum Gasteiger partial charge on any atom is 0.270 e. The van der Waals surface area contributed by atoms with Gasteiger partial charge < -0.3 is 5.32 Å². The van der Waals surface area contributed by atoms with Gasteiger partial charge in [-0.05, 0) is 31.2 Å². The second kappa shape index (κ2) is 8.92. The average molecular weight is 397 g/mol. The van der Waals surface area contributed by atoms with Crippen LogP contribution in [0.3, 0.4) is 0 Å². The van der Waals surface area contributed by atoms with Crippen molar-refractivity contribution < 1.29 is 9.59 Å². The van der Waals surface area contributed by atoms with Crippen molar-refractivity contribution in [3.63, 3.8) is 0 Å². The van der Waals surface area contributed by atoms with Crippen LogP contribution in [0, 0.1) is 6.92 Å². The molecule has 0 saturated heterocycles. The van der Waals surface area contributed by atoms with Crippen LogP contribution in [-0.2, 0) is 4.79 Å². The number of hydrazone groups is 1. The first kappa shape index (κ1) is 19.2. The van der Waals surface area contributed by atoms with Gasteiger partial charge in [0.15, 0.2) is 0 Å². The molecule has 0 aliphatic rings. The van der Waals surface area contributed by atoms with Crippen LogP contribution < -0.4 is 10.7 Å². The number of carbonyl (C=O) groups excluding carboxylic acids is 2. The number of carbonyl (C=O) groups is 2. The second-order valence-electron chi connectivity index (χ2n) is 5.73. The molecule has 0 bridgehead atoms. The first-order valence-corrected chi connectivity index (χ1v) is 8.75. The van der Waals surface area contributed by atoms with Crippen LogP contribution in [-0.4, -0.2) is 39.3 Å². The minimum absolute atomic E-state index is 0.231. The minimum Gasteiger partial charge on any atom is -0.342 e. The monoisotopic (exact) mass is 396 g/mol. The number of nitrogens with zero attached hydrogens (tertiary/aromatic N) is 4. The summed E-state index contributed by atoms with van der Waals surface area (Å²) in [4.78, 5) is 27.6. The zero-order valence-corrected chi connectivity index (χ0v) is 15.7. The molecule has 2 amide bonds. The van der Waals surface area contributed by atoms with Crippen LogP contribution in [0.25, 0.3) is 5.69 Å². The van der Waals surface area contributed by atoms with Crippen LogP contribution in [0.2, 0.25) is 5.15 Å². The number of amides is 2. The number of para-hydroxylation sites is 1. The summed E-state index contributed by atoms with van der Waals surface area (Å²) in [5.74, 6) is -0.924. The van der Waals surface area contributed by atoms with Gasteiger partial charge in [0.25, 0.3) is 11.8 Å². The lowest BCUT2D eigenvalue weighted by molar-refractivity contribution is -0.120. The van der Waals surface area contributed by atoms with Crippen molar-refractivity contribution in [2.24, 2.45) is 5.10 Å². The summed E-state index contributed by atoms with van der Waals surface area (Å²) in [6.07, 6.45) is 2.92. The number of halogens is 1. The number of benzene rings is 1. The van der Waals surface area contributed by atoms with Gasteiger partial charge in [0, 0.05) is 6.20 Å². The normalized spacial score (nSPS) is 10.8. The van der Waals surface area contributed by atoms with E-state index >= 15 is 0 Å². The van der Waals surface area contributed by atoms with Crippen molar-refractivity contribution in [1.82, 2.24) is 25.5 Å². The molecule has 28 heavy (non-hydrogen) atoms. The average Bonchev–Trinajstić information content (AvgIpc) is 3.01. The number of nitrogens with one attached hydrogen (secondary N) is 2. The Bertz CT molecular complexity index is 1000. The molecule has 0 unspecified atom stereocenters. The van der Waals surface area contributed by atoms with Gasteiger partial charge in [-0.1, -0.05) is 35.9 Å². The van der Waals surface area contributed by atoms with Gasteiger partial charge in [0.1, 0.15) is 10.8 Å². The topological polar surface area (TPSA) is 101 Å². The molecule has 0 fully saturated rings. The summed E-state index contributed by atoms with van der Waals surface area (Å²) in [5, 5.41) is 11.1. The van der Waals surface area contributed by atoms with Crippen LogP contribution in [0.5, 0.6) is 0 Å². The number of hydrogen-bond donors (Lipinski definition) is 2. The third-order valence-electron chi connectivity index (χ3n) is 3.74. The highest BCUT2D eigenvalue weighted by atomic mass is 35.5. The van der Waals surface area contributed by atoms with E-state index < -0.39 is 11.8 Å². The van der Waals surface area contributed by atoms with Crippen LogP contribution in [0.15, 0.2) is 59.8 Å². The molecule has 0 aliphatic heterocycles. The van der Waals surface area contributed by atoms with Crippen molar-refractivity contribution in [2.75, 3.05) is 6.54 Å². The van der Waals surface area contributed by atoms with Crippen molar-refractivity contribution in [3.8, 4) is 5.69 Å². The Morgan fingerprint density at radius 1 is 1.18 bits per heavy atom. The highest BCUT2D eigenvalue weighted by Crippen LogP contribution is 2.21. The predicted octanol–water partition coefficient (Wildman–Crippen LogP) is 2.11. The Kier molecular flexibility index (Phi) is 6.13. The fourth-order valence-corrected chi connectivity index (χ4v) is 2.68. The van der Waals surface area contributed by atoms with Gasteiger partial charge in [-0.15, -0.1) is 0 Å². The quantitative estimate of drug-likeness (QED) is 0.492. The molecule has 0 aliphatic carbocycles. The SMILES string of the molecule is Cc1nn(-c2ccccc2)c(Cl)c1/C=N\NC(=O)CNC(=O)c1ccccn1. The first-order valence-electron chi connectivity index (χ1n) is 8.38. The molecule has 8 nitrogen and oxygen atoms in total. The lowest BCUT2D eigenvalue weighted by Crippen LogP contribution is -2.35. The highest BCUT2D eigenvalue weighted by Gasteiger charge is 2.13. The molecule has 3 rings (SSSR count). The van der Waals surface area contributed by atoms with Crippen molar-refractivity contribution in [2.45, 2.75) is 6.92 Å². The van der Waals surface area contributed by atoms with Crippen LogP contribution in [0.4, 0.5) is 0 Å². The number of pyridine rings is 1. The van der Waals surface area contributed by atoms with E-state index in [9.17, 15) is 9.59 Å². The Labute approximate surface area is 166 Å². The van der Waals surface area contributed by atoms with E-state index in [1.54, 1.807) is 29.8 Å². The van der Waals surface area contributed by atoms with E-state index in [1.165, 1.54) is 12.4 Å². The maximum atomic E-state index is 11.9. The van der Waals surface area contributed by atoms with E-state index in [0.717, 1.165) is 5.69 Å². The van der Waals surface area contributed by atoms with Gasteiger partial charge in [0.05, 0.1) is 29.7 Å². The Hall–Kier alpha value is -3.52. The molecule has 142 valence electrons. The van der Waals surface area contributed by atoms with E-state index in [1.807, 2.05) is 30.3 Å². The molecular weight excluding hydrogens is 380 g/mol. The fraction of sp³-hybridized carbons (Fsp3) is 0.105. The molecule has 0 spiro atoms. The molecular formula is C19H17ClN6O2. The Morgan fingerprint density at radius 3 is 2.64 bits per heavy atom. The van der Waals surface area contributed by atoms with Crippen LogP contribution >= 0.6 is 11.6 Å².